The van der Waals surface area contributed by atoms with Crippen LogP contribution in [-0.2, 0) is 0 Å². The van der Waals surface area contributed by atoms with Crippen molar-refractivity contribution < 1.29 is 9.47 Å². The Morgan fingerprint density at radius 3 is 2.69 bits per heavy atom. The lowest BCUT2D eigenvalue weighted by Gasteiger charge is -2.24. The Kier molecular flexibility index (Phi) is 4.34. The number of methoxy groups -OCH3 is 2. The van der Waals surface area contributed by atoms with Crippen LogP contribution in [-0.4, -0.2) is 34.4 Å². The van der Waals surface area contributed by atoms with Gasteiger partial charge in [-0.25, -0.2) is 0 Å². The molecule has 0 saturated heterocycles. The first-order valence-electron chi connectivity index (χ1n) is 7.94. The van der Waals surface area contributed by atoms with E-state index in [4.69, 9.17) is 9.47 Å². The summed E-state index contributed by atoms with van der Waals surface area (Å²) in [7, 11) is 3.24. The van der Waals surface area contributed by atoms with E-state index in [2.05, 4.69) is 42.8 Å². The fourth-order valence-electron chi connectivity index (χ4n) is 2.95. The average molecular weight is 414 g/mol. The van der Waals surface area contributed by atoms with E-state index >= 15 is 0 Å². The molecule has 0 spiro atoms. The molecule has 7 nitrogen and oxygen atoms in total. The highest BCUT2D eigenvalue weighted by molar-refractivity contribution is 9.10. The number of allylic oxidation sites excluding steroid dienone is 1. The molecule has 4 rings (SSSR count). The first-order chi connectivity index (χ1) is 12.7. The van der Waals surface area contributed by atoms with E-state index in [1.165, 1.54) is 0 Å². The molecular weight excluding hydrogens is 398 g/mol. The number of aromatic nitrogens is 4. The van der Waals surface area contributed by atoms with Crippen molar-refractivity contribution in [3.8, 4) is 11.5 Å². The number of anilines is 1. The molecule has 1 aliphatic heterocycles. The third-order valence-electron chi connectivity index (χ3n) is 4.21. The van der Waals surface area contributed by atoms with Gasteiger partial charge in [0.1, 0.15) is 6.04 Å². The third-order valence-corrected chi connectivity index (χ3v) is 4.71. The maximum absolute atomic E-state index is 5.44. The van der Waals surface area contributed by atoms with Crippen molar-refractivity contribution in [2.75, 3.05) is 19.5 Å². The number of hydrogen-bond acceptors (Lipinski definition) is 6. The van der Waals surface area contributed by atoms with Crippen LogP contribution in [0.25, 0.3) is 5.70 Å². The van der Waals surface area contributed by atoms with Crippen molar-refractivity contribution >= 4 is 27.6 Å². The fraction of sp³-hybridized carbons (Fsp3) is 0.167. The molecule has 26 heavy (non-hydrogen) atoms. The second kappa shape index (κ2) is 6.80. The van der Waals surface area contributed by atoms with E-state index in [1.54, 1.807) is 18.9 Å². The van der Waals surface area contributed by atoms with E-state index in [-0.39, 0.29) is 6.04 Å². The number of nitrogens with zero attached hydrogens (tertiary/aromatic N) is 4. The van der Waals surface area contributed by atoms with Crippen molar-refractivity contribution in [2.24, 2.45) is 0 Å². The lowest BCUT2D eigenvalue weighted by atomic mass is 10.0. The molecule has 0 bridgehead atoms. The molecular formula is C18H16BrN5O2. The van der Waals surface area contributed by atoms with Gasteiger partial charge in [0.25, 0.3) is 0 Å². The second-order valence-electron chi connectivity index (χ2n) is 5.72. The third kappa shape index (κ3) is 2.92. The normalized spacial score (nSPS) is 15.7. The van der Waals surface area contributed by atoms with Gasteiger partial charge in [0.05, 0.1) is 14.2 Å². The van der Waals surface area contributed by atoms with Gasteiger partial charge in [-0.2, -0.15) is 4.68 Å². The van der Waals surface area contributed by atoms with Crippen LogP contribution in [0.5, 0.6) is 11.5 Å². The number of nitrogens with one attached hydrogen (secondary N) is 1. The lowest BCUT2D eigenvalue weighted by molar-refractivity contribution is 0.354. The summed E-state index contributed by atoms with van der Waals surface area (Å²) in [4.78, 5) is 0. The van der Waals surface area contributed by atoms with Crippen LogP contribution in [0.15, 0.2) is 53.0 Å². The monoisotopic (exact) mass is 413 g/mol. The summed E-state index contributed by atoms with van der Waals surface area (Å²) in [6.45, 7) is 0. The Labute approximate surface area is 158 Å². The van der Waals surface area contributed by atoms with Crippen LogP contribution in [0.1, 0.15) is 17.2 Å². The Bertz CT molecular complexity index is 985. The number of tetrazole rings is 1. The van der Waals surface area contributed by atoms with Crippen molar-refractivity contribution in [3.05, 3.63) is 64.1 Å². The van der Waals surface area contributed by atoms with E-state index in [0.29, 0.717) is 17.4 Å². The summed E-state index contributed by atoms with van der Waals surface area (Å²) in [5.74, 6) is 1.93. The number of hydrogen-bond donors (Lipinski definition) is 1. The fourth-order valence-corrected chi connectivity index (χ4v) is 3.35. The van der Waals surface area contributed by atoms with Gasteiger partial charge >= 0.3 is 0 Å². The van der Waals surface area contributed by atoms with Gasteiger partial charge in [-0.15, -0.1) is 0 Å². The average Bonchev–Trinajstić information content (AvgIpc) is 3.15. The smallest absolute Gasteiger partial charge is 0.248 e. The van der Waals surface area contributed by atoms with E-state index in [0.717, 1.165) is 21.3 Å². The molecule has 0 fully saturated rings. The second-order valence-corrected chi connectivity index (χ2v) is 6.64. The zero-order valence-corrected chi connectivity index (χ0v) is 15.8. The van der Waals surface area contributed by atoms with Crippen molar-refractivity contribution in [1.29, 1.82) is 0 Å². The quantitative estimate of drug-likeness (QED) is 0.705. The highest BCUT2D eigenvalue weighted by Crippen LogP contribution is 2.36. The van der Waals surface area contributed by atoms with Crippen LogP contribution in [0.4, 0.5) is 5.95 Å². The highest BCUT2D eigenvalue weighted by Gasteiger charge is 2.25. The molecule has 0 aliphatic carbocycles. The molecule has 0 saturated carbocycles. The van der Waals surface area contributed by atoms with E-state index < -0.39 is 0 Å². The number of ether oxygens (including phenoxy) is 2. The maximum Gasteiger partial charge on any atom is 0.248 e. The van der Waals surface area contributed by atoms with Gasteiger partial charge in [-0.05, 0) is 51.9 Å². The van der Waals surface area contributed by atoms with E-state index in [9.17, 15) is 0 Å². The molecule has 1 aliphatic rings. The number of benzene rings is 2. The molecule has 1 atom stereocenters. The number of halogens is 1. The minimum atomic E-state index is -0.171. The predicted octanol–water partition coefficient (Wildman–Crippen LogP) is 3.51. The highest BCUT2D eigenvalue weighted by atomic mass is 79.9. The van der Waals surface area contributed by atoms with Crippen LogP contribution < -0.4 is 14.8 Å². The molecule has 1 unspecified atom stereocenters. The summed E-state index contributed by atoms with van der Waals surface area (Å²) < 4.78 is 13.5. The summed E-state index contributed by atoms with van der Waals surface area (Å²) in [6, 6.07) is 13.7. The topological polar surface area (TPSA) is 74.1 Å². The summed E-state index contributed by atoms with van der Waals surface area (Å²) >= 11 is 3.52. The van der Waals surface area contributed by atoms with Crippen molar-refractivity contribution in [1.82, 2.24) is 20.2 Å². The first kappa shape index (κ1) is 16.6. The molecule has 1 N–H and O–H groups in total. The zero-order valence-electron chi connectivity index (χ0n) is 14.2. The molecule has 3 aromatic rings. The largest absolute Gasteiger partial charge is 0.493 e. The van der Waals surface area contributed by atoms with Crippen molar-refractivity contribution in [2.45, 2.75) is 6.04 Å². The van der Waals surface area contributed by atoms with Gasteiger partial charge in [-0.3, -0.25) is 0 Å². The predicted molar refractivity (Wildman–Crippen MR) is 101 cm³/mol. The van der Waals surface area contributed by atoms with Crippen LogP contribution >= 0.6 is 15.9 Å². The Hall–Kier alpha value is -2.87. The van der Waals surface area contributed by atoms with Gasteiger partial charge in [0.2, 0.25) is 5.95 Å². The molecule has 0 amide bonds. The van der Waals surface area contributed by atoms with Gasteiger partial charge in [-0.1, -0.05) is 39.2 Å². The summed E-state index contributed by atoms with van der Waals surface area (Å²) in [5, 5.41) is 15.3. The number of rotatable bonds is 4. The Balaban J connectivity index is 1.81. The minimum absolute atomic E-state index is 0.171. The zero-order chi connectivity index (χ0) is 18.1. The van der Waals surface area contributed by atoms with Gasteiger partial charge < -0.3 is 14.8 Å². The minimum Gasteiger partial charge on any atom is -0.493 e. The van der Waals surface area contributed by atoms with Crippen LogP contribution in [0, 0.1) is 0 Å². The molecule has 132 valence electrons. The number of fused-ring (bicyclic) bond motifs is 1. The van der Waals surface area contributed by atoms with Crippen LogP contribution in [0.2, 0.25) is 0 Å². The maximum atomic E-state index is 5.44. The SMILES string of the molecule is COc1ccc(C2C=C(c3cccc(Br)c3)Nc3nnnn32)cc1OC. The Morgan fingerprint density at radius 1 is 1.08 bits per heavy atom. The molecule has 1 aromatic heterocycles. The Morgan fingerprint density at radius 2 is 1.92 bits per heavy atom. The van der Waals surface area contributed by atoms with Crippen LogP contribution in [0.3, 0.4) is 0 Å². The summed E-state index contributed by atoms with van der Waals surface area (Å²) in [5.41, 5.74) is 2.97. The molecule has 2 aromatic carbocycles. The van der Waals surface area contributed by atoms with E-state index in [1.807, 2.05) is 42.5 Å². The van der Waals surface area contributed by atoms with Crippen molar-refractivity contribution in [3.63, 3.8) is 0 Å². The molecule has 2 heterocycles. The lowest BCUT2D eigenvalue weighted by Crippen LogP contribution is -2.20. The molecule has 8 heteroatoms. The van der Waals surface area contributed by atoms with Gasteiger partial charge in [0, 0.05) is 10.2 Å². The first-order valence-corrected chi connectivity index (χ1v) is 8.73. The van der Waals surface area contributed by atoms with Gasteiger partial charge in [0.15, 0.2) is 11.5 Å². The molecule has 0 radical (unpaired) electrons. The summed E-state index contributed by atoms with van der Waals surface area (Å²) in [6.07, 6.45) is 2.09. The standard InChI is InChI=1S/C18H16BrN5O2/c1-25-16-7-6-12(9-17(16)26-2)15-10-14(11-4-3-5-13(19)8-11)20-18-21-22-23-24(15)18/h3-10,15H,1-2H3,(H,20,21,23).